The van der Waals surface area contributed by atoms with Crippen LogP contribution in [0.1, 0.15) is 95.7 Å². The number of aromatic nitrogens is 5. The van der Waals surface area contributed by atoms with Crippen molar-refractivity contribution in [2.24, 2.45) is 0 Å². The summed E-state index contributed by atoms with van der Waals surface area (Å²) in [7, 11) is 3.86. The zero-order valence-electron chi connectivity index (χ0n) is 33.5. The molecule has 1 saturated heterocycles. The fourth-order valence-electron chi connectivity index (χ4n) is 7.52. The van der Waals surface area contributed by atoms with Gasteiger partial charge in [0.05, 0.1) is 23.6 Å². The van der Waals surface area contributed by atoms with Crippen LogP contribution in [0.5, 0.6) is 11.5 Å². The second-order valence-corrected chi connectivity index (χ2v) is 15.9. The van der Waals surface area contributed by atoms with Gasteiger partial charge in [0.25, 0.3) is 0 Å². The molecule has 7 rings (SSSR count). The standard InChI is InChI=1S/C41H52FN9O3.CH2O/c1-26-11-10-12-27(2)50(26)40-46-45-37-20-16-29(25-49(37)40)54-34-19-18-33(30-13-8-9-14-31(30)34)43-39(52)44-38-24-36(41(3,4)5)47-51(38)28-15-17-32(42)35(23-28)53-22-21-48(6)7;1-2/h8-9,13-17,20,23-27,33-34H,10-12,18-19,21-22H2,1-7H3,(H2,43,44,52);1H2/t26-,27+,33-,34+;/m0./s1. The van der Waals surface area contributed by atoms with Crippen LogP contribution < -0.4 is 25.0 Å². The first-order chi connectivity index (χ1) is 26.9. The van der Waals surface area contributed by atoms with Gasteiger partial charge in [-0.3, -0.25) is 9.72 Å². The van der Waals surface area contributed by atoms with Crippen LogP contribution in [0.15, 0.2) is 66.9 Å². The minimum Gasteiger partial charge on any atom is -0.489 e. The molecule has 2 aromatic carbocycles. The van der Waals surface area contributed by atoms with E-state index in [-0.39, 0.29) is 29.3 Å². The zero-order chi connectivity index (χ0) is 40.1. The van der Waals surface area contributed by atoms with E-state index < -0.39 is 5.82 Å². The molecule has 56 heavy (non-hydrogen) atoms. The molecule has 298 valence electrons. The van der Waals surface area contributed by atoms with E-state index in [0.29, 0.717) is 49.6 Å². The van der Waals surface area contributed by atoms with Gasteiger partial charge in [-0.2, -0.15) is 5.10 Å². The highest BCUT2D eigenvalue weighted by Crippen LogP contribution is 2.39. The van der Waals surface area contributed by atoms with Crippen LogP contribution in [0.4, 0.5) is 21.0 Å². The minimum atomic E-state index is -0.461. The quantitative estimate of drug-likeness (QED) is 0.147. The molecule has 0 bridgehead atoms. The van der Waals surface area contributed by atoms with E-state index in [9.17, 15) is 9.18 Å². The maximum Gasteiger partial charge on any atom is 0.320 e. The lowest BCUT2D eigenvalue weighted by Crippen LogP contribution is -2.44. The van der Waals surface area contributed by atoms with Crippen molar-refractivity contribution in [3.63, 3.8) is 0 Å². The molecular weight excluding hydrogens is 714 g/mol. The lowest BCUT2D eigenvalue weighted by atomic mass is 9.85. The third-order valence-corrected chi connectivity index (χ3v) is 10.5. The van der Waals surface area contributed by atoms with Crippen LogP contribution in [0.25, 0.3) is 11.3 Å². The van der Waals surface area contributed by atoms with E-state index >= 15 is 0 Å². The number of pyridine rings is 1. The summed E-state index contributed by atoms with van der Waals surface area (Å²) in [4.78, 5) is 26.1. The van der Waals surface area contributed by atoms with Crippen molar-refractivity contribution in [1.29, 1.82) is 0 Å². The van der Waals surface area contributed by atoms with Crippen molar-refractivity contribution in [3.05, 3.63) is 89.5 Å². The van der Waals surface area contributed by atoms with Gasteiger partial charge in [-0.05, 0) is 95.4 Å². The molecule has 0 unspecified atom stereocenters. The maximum atomic E-state index is 14.7. The molecule has 2 aliphatic rings. The largest absolute Gasteiger partial charge is 0.489 e. The van der Waals surface area contributed by atoms with Gasteiger partial charge in [-0.1, -0.05) is 45.0 Å². The molecule has 4 atom stereocenters. The normalized spacial score (nSPS) is 19.6. The number of piperidine rings is 1. The highest BCUT2D eigenvalue weighted by molar-refractivity contribution is 5.89. The number of halogens is 1. The average molecular weight is 768 g/mol. The van der Waals surface area contributed by atoms with Gasteiger partial charge in [-0.25, -0.2) is 13.9 Å². The summed E-state index contributed by atoms with van der Waals surface area (Å²) in [6.45, 7) is 13.6. The first-order valence-electron chi connectivity index (χ1n) is 19.3. The fraction of sp³-hybridized carbons (Fsp3) is 0.452. The average Bonchev–Trinajstić information content (AvgIpc) is 3.79. The predicted molar refractivity (Wildman–Crippen MR) is 216 cm³/mol. The van der Waals surface area contributed by atoms with Gasteiger partial charge >= 0.3 is 6.03 Å². The number of anilines is 2. The Morgan fingerprint density at radius 2 is 1.70 bits per heavy atom. The number of benzene rings is 2. The molecule has 13 nitrogen and oxygen atoms in total. The van der Waals surface area contributed by atoms with Crippen molar-refractivity contribution in [2.75, 3.05) is 37.5 Å². The molecule has 0 radical (unpaired) electrons. The summed E-state index contributed by atoms with van der Waals surface area (Å²) < 4.78 is 30.9. The first-order valence-corrected chi connectivity index (χ1v) is 19.3. The Morgan fingerprint density at radius 1 is 0.964 bits per heavy atom. The van der Waals surface area contributed by atoms with Crippen molar-refractivity contribution < 1.29 is 23.5 Å². The molecule has 2 amide bonds. The molecule has 14 heteroatoms. The molecule has 0 saturated carbocycles. The Labute approximate surface area is 328 Å². The molecule has 1 aliphatic carbocycles. The second-order valence-electron chi connectivity index (χ2n) is 15.9. The molecule has 1 aliphatic heterocycles. The Hall–Kier alpha value is -5.50. The molecule has 4 heterocycles. The summed E-state index contributed by atoms with van der Waals surface area (Å²) >= 11 is 0. The topological polar surface area (TPSA) is 131 Å². The fourth-order valence-corrected chi connectivity index (χ4v) is 7.52. The van der Waals surface area contributed by atoms with Gasteiger partial charge in [0, 0.05) is 36.2 Å². The van der Waals surface area contributed by atoms with E-state index in [4.69, 9.17) is 19.4 Å². The molecule has 1 fully saturated rings. The number of carbonyl (C=O) groups excluding carboxylic acids is 2. The van der Waals surface area contributed by atoms with E-state index in [1.807, 2.05) is 72.8 Å². The van der Waals surface area contributed by atoms with Crippen LogP contribution in [0.2, 0.25) is 0 Å². The summed E-state index contributed by atoms with van der Waals surface area (Å²) in [5, 5.41) is 20.1. The minimum absolute atomic E-state index is 0.126. The number of hydrogen-bond donors (Lipinski definition) is 2. The third-order valence-electron chi connectivity index (χ3n) is 10.5. The Morgan fingerprint density at radius 3 is 2.41 bits per heavy atom. The van der Waals surface area contributed by atoms with Crippen LogP contribution in [0.3, 0.4) is 0 Å². The number of amides is 2. The number of carbonyl (C=O) groups is 2. The molecule has 2 N–H and O–H groups in total. The van der Waals surface area contributed by atoms with Gasteiger partial charge < -0.3 is 29.4 Å². The molecule has 5 aromatic rings. The van der Waals surface area contributed by atoms with Crippen molar-refractivity contribution in [2.45, 2.75) is 96.4 Å². The lowest BCUT2D eigenvalue weighted by Gasteiger charge is -2.39. The highest BCUT2D eigenvalue weighted by atomic mass is 19.1. The zero-order valence-corrected chi connectivity index (χ0v) is 33.5. The smallest absolute Gasteiger partial charge is 0.320 e. The van der Waals surface area contributed by atoms with Crippen LogP contribution in [-0.2, 0) is 10.2 Å². The number of rotatable bonds is 10. The van der Waals surface area contributed by atoms with Gasteiger partial charge in [-0.15, -0.1) is 10.2 Å². The molecular formula is C42H54FN9O4. The summed E-state index contributed by atoms with van der Waals surface area (Å²) in [5.74, 6) is 1.71. The predicted octanol–water partition coefficient (Wildman–Crippen LogP) is 7.65. The van der Waals surface area contributed by atoms with Gasteiger partial charge in [0.15, 0.2) is 17.2 Å². The van der Waals surface area contributed by atoms with Crippen molar-refractivity contribution in [1.82, 2.24) is 34.6 Å². The number of likely N-dealkylation sites (N-methyl/N-ethyl adjacent to an activating group) is 1. The monoisotopic (exact) mass is 767 g/mol. The maximum absolute atomic E-state index is 14.7. The lowest BCUT2D eigenvalue weighted by molar-refractivity contribution is -0.0980. The second kappa shape index (κ2) is 17.1. The van der Waals surface area contributed by atoms with E-state index in [1.165, 1.54) is 12.5 Å². The van der Waals surface area contributed by atoms with E-state index in [1.54, 1.807) is 16.8 Å². The highest BCUT2D eigenvalue weighted by Gasteiger charge is 2.32. The Bertz CT molecular complexity index is 2120. The van der Waals surface area contributed by atoms with Gasteiger partial charge in [0.2, 0.25) is 5.95 Å². The Balaban J connectivity index is 0.00000262. The van der Waals surface area contributed by atoms with E-state index in [0.717, 1.165) is 47.0 Å². The van der Waals surface area contributed by atoms with Crippen LogP contribution in [-0.4, -0.2) is 81.4 Å². The summed E-state index contributed by atoms with van der Waals surface area (Å²) in [6.07, 6.45) is 6.65. The number of nitrogens with zero attached hydrogens (tertiary/aromatic N) is 7. The molecule has 3 aromatic heterocycles. The number of fused-ring (bicyclic) bond motifs is 2. The van der Waals surface area contributed by atoms with Crippen molar-refractivity contribution >= 4 is 30.2 Å². The summed E-state index contributed by atoms with van der Waals surface area (Å²) in [6, 6.07) is 18.6. The summed E-state index contributed by atoms with van der Waals surface area (Å²) in [5.41, 5.74) is 3.87. The van der Waals surface area contributed by atoms with E-state index in [2.05, 4.69) is 66.4 Å². The van der Waals surface area contributed by atoms with Crippen LogP contribution >= 0.6 is 0 Å². The number of hydrogen-bond acceptors (Lipinski definition) is 9. The first kappa shape index (κ1) is 40.2. The Kier molecular flexibility index (Phi) is 12.3. The van der Waals surface area contributed by atoms with Gasteiger partial charge in [0.1, 0.15) is 31.1 Å². The van der Waals surface area contributed by atoms with Crippen LogP contribution in [0, 0.1) is 5.82 Å². The van der Waals surface area contributed by atoms with Crippen molar-refractivity contribution in [3.8, 4) is 17.2 Å². The number of ether oxygens (including phenoxy) is 2. The number of urea groups is 1. The SMILES string of the molecule is C=O.C[C@@H]1CCC[C@H](C)N1c1nnc2ccc(O[C@@H]3CC[C@H](NC(=O)Nc4cc(C(C)(C)C)nn4-c4ccc(F)c(OCCN(C)C)c4)c4ccccc43)cn12. The molecule has 0 spiro atoms. The number of nitrogens with one attached hydrogen (secondary N) is 2. The third kappa shape index (κ3) is 8.80.